The number of rotatable bonds is 80. The second-order valence-corrected chi connectivity index (χ2v) is 32.2. The van der Waals surface area contributed by atoms with Crippen LogP contribution in [0, 0.1) is 5.92 Å². The van der Waals surface area contributed by atoms with E-state index in [2.05, 4.69) is 34.6 Å². The monoisotopic (exact) mass is 1450 g/mol. The molecule has 0 saturated carbocycles. The van der Waals surface area contributed by atoms with Crippen molar-refractivity contribution in [2.45, 2.75) is 445 Å². The standard InChI is InChI=1S/C80H156O17P2/c1-6-9-12-15-18-21-23-25-27-29-30-32-36-41-46-51-56-61-66-80(85)97-76(70-91-78(83)64-59-54-49-44-39-37-33-34-38-43-47-52-57-62-73(4)5)72-95-99(88,89)93-68-74(81)67-92-98(86,87)94-71-75(69-90-77(82)63-58-53-48-42-20-17-14-11-8-3)96-79(84)65-60-55-50-45-40-35-31-28-26-24-22-19-16-13-10-7-2/h73-76,81H,6-72H2,1-5H3,(H,86,87)(H,88,89)/t74-,75+,76+/m0/s1. The molecule has 0 aromatic rings. The van der Waals surface area contributed by atoms with Crippen LogP contribution in [0.4, 0.5) is 0 Å². The molecule has 588 valence electrons. The summed E-state index contributed by atoms with van der Waals surface area (Å²) in [6.07, 6.45) is 63.8. The molecule has 99 heavy (non-hydrogen) atoms. The van der Waals surface area contributed by atoms with Gasteiger partial charge >= 0.3 is 39.5 Å². The average molecular weight is 1450 g/mol. The lowest BCUT2D eigenvalue weighted by Crippen LogP contribution is -2.30. The number of aliphatic hydroxyl groups is 1. The molecule has 0 spiro atoms. The number of phosphoric acid groups is 2. The highest BCUT2D eigenvalue weighted by Crippen LogP contribution is 2.45. The van der Waals surface area contributed by atoms with Crippen molar-refractivity contribution in [3.8, 4) is 0 Å². The van der Waals surface area contributed by atoms with Crippen molar-refractivity contribution < 1.29 is 80.2 Å². The number of aliphatic hydroxyl groups excluding tert-OH is 1. The summed E-state index contributed by atoms with van der Waals surface area (Å²) in [4.78, 5) is 73.0. The van der Waals surface area contributed by atoms with E-state index in [9.17, 15) is 43.2 Å². The zero-order valence-electron chi connectivity index (χ0n) is 64.6. The van der Waals surface area contributed by atoms with E-state index in [4.69, 9.17) is 37.0 Å². The predicted octanol–water partition coefficient (Wildman–Crippen LogP) is 24.0. The topological polar surface area (TPSA) is 237 Å². The molecule has 0 heterocycles. The van der Waals surface area contributed by atoms with E-state index in [0.29, 0.717) is 25.7 Å². The third-order valence-electron chi connectivity index (χ3n) is 18.8. The second-order valence-electron chi connectivity index (χ2n) is 29.3. The van der Waals surface area contributed by atoms with Crippen LogP contribution < -0.4 is 0 Å². The fourth-order valence-corrected chi connectivity index (χ4v) is 14.0. The van der Waals surface area contributed by atoms with Crippen LogP contribution in [0.5, 0.6) is 0 Å². The van der Waals surface area contributed by atoms with Crippen LogP contribution in [-0.4, -0.2) is 96.7 Å². The van der Waals surface area contributed by atoms with E-state index in [1.807, 2.05) is 0 Å². The van der Waals surface area contributed by atoms with E-state index in [1.54, 1.807) is 0 Å². The third-order valence-corrected chi connectivity index (χ3v) is 20.7. The number of carbonyl (C=O) groups is 4. The Labute approximate surface area is 607 Å². The van der Waals surface area contributed by atoms with Crippen molar-refractivity contribution in [1.82, 2.24) is 0 Å². The van der Waals surface area contributed by atoms with Crippen LogP contribution in [0.1, 0.15) is 426 Å². The summed E-state index contributed by atoms with van der Waals surface area (Å²) in [5.41, 5.74) is 0. The summed E-state index contributed by atoms with van der Waals surface area (Å²) >= 11 is 0. The predicted molar refractivity (Wildman–Crippen MR) is 405 cm³/mol. The summed E-state index contributed by atoms with van der Waals surface area (Å²) in [5, 5.41) is 10.6. The molecule has 0 rings (SSSR count). The molecule has 5 atom stereocenters. The minimum absolute atomic E-state index is 0.109. The molecule has 0 aliphatic rings. The molecular formula is C80H156O17P2. The van der Waals surface area contributed by atoms with Crippen LogP contribution in [0.25, 0.3) is 0 Å². The zero-order chi connectivity index (χ0) is 72.7. The first-order valence-corrected chi connectivity index (χ1v) is 44.6. The quantitative estimate of drug-likeness (QED) is 0.0222. The molecule has 0 amide bonds. The van der Waals surface area contributed by atoms with Gasteiger partial charge < -0.3 is 33.8 Å². The van der Waals surface area contributed by atoms with Crippen LogP contribution in [0.2, 0.25) is 0 Å². The maximum Gasteiger partial charge on any atom is 0.472 e. The SMILES string of the molecule is CCCCCCCCCCCCCCCCCCCCC(=O)O[C@H](COC(=O)CCCCCCCCCCCCCCCC(C)C)COP(=O)(O)OC[C@@H](O)COP(=O)(O)OC[C@@H](COC(=O)CCCCCCCCCCC)OC(=O)CCCCCCCCCCCCCCCCCC. The van der Waals surface area contributed by atoms with Crippen molar-refractivity contribution in [3.05, 3.63) is 0 Å². The molecule has 0 aromatic carbocycles. The van der Waals surface area contributed by atoms with Crippen molar-refractivity contribution in [3.63, 3.8) is 0 Å². The molecule has 0 aromatic heterocycles. The molecule has 0 radical (unpaired) electrons. The maximum atomic E-state index is 13.1. The fraction of sp³-hybridized carbons (Fsp3) is 0.950. The van der Waals surface area contributed by atoms with Gasteiger partial charge in [-0.3, -0.25) is 37.3 Å². The molecule has 19 heteroatoms. The molecule has 0 aliphatic heterocycles. The number of ether oxygens (including phenoxy) is 4. The summed E-state index contributed by atoms with van der Waals surface area (Å²) < 4.78 is 68.7. The lowest BCUT2D eigenvalue weighted by molar-refractivity contribution is -0.161. The van der Waals surface area contributed by atoms with E-state index < -0.39 is 97.5 Å². The Morgan fingerprint density at radius 3 is 0.687 bits per heavy atom. The fourth-order valence-electron chi connectivity index (χ4n) is 12.4. The highest BCUT2D eigenvalue weighted by molar-refractivity contribution is 7.47. The van der Waals surface area contributed by atoms with E-state index in [1.165, 1.54) is 250 Å². The Morgan fingerprint density at radius 2 is 0.465 bits per heavy atom. The highest BCUT2D eigenvalue weighted by Gasteiger charge is 2.30. The van der Waals surface area contributed by atoms with Gasteiger partial charge in [-0.25, -0.2) is 9.13 Å². The lowest BCUT2D eigenvalue weighted by Gasteiger charge is -2.21. The Balaban J connectivity index is 5.22. The summed E-state index contributed by atoms with van der Waals surface area (Å²) in [5.74, 6) is -1.32. The largest absolute Gasteiger partial charge is 0.472 e. The van der Waals surface area contributed by atoms with Gasteiger partial charge in [0.2, 0.25) is 0 Å². The number of hydrogen-bond acceptors (Lipinski definition) is 15. The first kappa shape index (κ1) is 97.1. The van der Waals surface area contributed by atoms with Crippen LogP contribution >= 0.6 is 15.6 Å². The lowest BCUT2D eigenvalue weighted by atomic mass is 10.0. The van der Waals surface area contributed by atoms with Gasteiger partial charge in [-0.05, 0) is 31.6 Å². The van der Waals surface area contributed by atoms with Gasteiger partial charge in [0.25, 0.3) is 0 Å². The minimum Gasteiger partial charge on any atom is -0.462 e. The number of unbranched alkanes of at least 4 members (excludes halogenated alkanes) is 52. The molecule has 17 nitrogen and oxygen atoms in total. The van der Waals surface area contributed by atoms with Gasteiger partial charge in [0, 0.05) is 25.7 Å². The normalized spacial score (nSPS) is 13.9. The summed E-state index contributed by atoms with van der Waals surface area (Å²) in [7, 11) is -9.92. The molecular weight excluding hydrogens is 1290 g/mol. The second kappa shape index (κ2) is 73.0. The van der Waals surface area contributed by atoms with Crippen LogP contribution in [0.15, 0.2) is 0 Å². The maximum absolute atomic E-state index is 13.1. The van der Waals surface area contributed by atoms with Crippen LogP contribution in [0.3, 0.4) is 0 Å². The first-order valence-electron chi connectivity index (χ1n) is 41.6. The Kier molecular flexibility index (Phi) is 71.6. The molecule has 0 bridgehead atoms. The van der Waals surface area contributed by atoms with Gasteiger partial charge in [0.1, 0.15) is 19.3 Å². The van der Waals surface area contributed by atoms with Crippen molar-refractivity contribution >= 4 is 39.5 Å². The Hall–Kier alpha value is -1.94. The third kappa shape index (κ3) is 74.1. The van der Waals surface area contributed by atoms with E-state index in [-0.39, 0.29) is 25.7 Å². The molecule has 0 aliphatic carbocycles. The Morgan fingerprint density at radius 1 is 0.273 bits per heavy atom. The van der Waals surface area contributed by atoms with Crippen molar-refractivity contribution in [1.29, 1.82) is 0 Å². The number of carbonyl (C=O) groups excluding carboxylic acids is 4. The van der Waals surface area contributed by atoms with Gasteiger partial charge in [-0.15, -0.1) is 0 Å². The average Bonchev–Trinajstić information content (AvgIpc) is 1.38. The molecule has 3 N–H and O–H groups in total. The van der Waals surface area contributed by atoms with Crippen LogP contribution in [-0.2, 0) is 65.4 Å². The number of esters is 4. The Bertz CT molecular complexity index is 1890. The van der Waals surface area contributed by atoms with E-state index in [0.717, 1.165) is 95.8 Å². The number of phosphoric ester groups is 2. The minimum atomic E-state index is -4.96. The molecule has 2 unspecified atom stereocenters. The van der Waals surface area contributed by atoms with Gasteiger partial charge in [-0.2, -0.15) is 0 Å². The zero-order valence-corrected chi connectivity index (χ0v) is 66.4. The molecule has 0 fully saturated rings. The summed E-state index contributed by atoms with van der Waals surface area (Å²) in [6.45, 7) is 7.33. The van der Waals surface area contributed by atoms with Crippen molar-refractivity contribution in [2.24, 2.45) is 5.92 Å². The molecule has 0 saturated heterocycles. The smallest absolute Gasteiger partial charge is 0.462 e. The van der Waals surface area contributed by atoms with E-state index >= 15 is 0 Å². The van der Waals surface area contributed by atoms with Gasteiger partial charge in [-0.1, -0.05) is 375 Å². The highest BCUT2D eigenvalue weighted by atomic mass is 31.2. The van der Waals surface area contributed by atoms with Gasteiger partial charge in [0.15, 0.2) is 12.2 Å². The van der Waals surface area contributed by atoms with Gasteiger partial charge in [0.05, 0.1) is 26.4 Å². The number of hydrogen-bond donors (Lipinski definition) is 3. The first-order chi connectivity index (χ1) is 48.0. The summed E-state index contributed by atoms with van der Waals surface area (Å²) in [6, 6.07) is 0. The van der Waals surface area contributed by atoms with Crippen molar-refractivity contribution in [2.75, 3.05) is 39.6 Å².